The van der Waals surface area contributed by atoms with Crippen molar-refractivity contribution in [3.63, 3.8) is 0 Å². The van der Waals surface area contributed by atoms with Crippen LogP contribution < -0.4 is 4.31 Å². The highest BCUT2D eigenvalue weighted by Crippen LogP contribution is 2.23. The van der Waals surface area contributed by atoms with Gasteiger partial charge in [0.25, 0.3) is 15.9 Å². The zero-order chi connectivity index (χ0) is 22.6. The summed E-state index contributed by atoms with van der Waals surface area (Å²) < 4.78 is 32.6. The van der Waals surface area contributed by atoms with Crippen LogP contribution in [0.2, 0.25) is 0 Å². The molecule has 4 rings (SSSR count). The Hall–Kier alpha value is -3.36. The molecule has 0 saturated carbocycles. The minimum Gasteiger partial charge on any atom is -0.467 e. The fraction of sp³-hybridized carbons (Fsp3) is 0.125. The smallest absolute Gasteiger partial charge is 0.264 e. The Balaban J connectivity index is 1.56. The molecule has 4 aromatic rings. The second-order valence-electron chi connectivity index (χ2n) is 7.15. The molecule has 0 spiro atoms. The molecule has 0 aliphatic heterocycles. The van der Waals surface area contributed by atoms with Crippen molar-refractivity contribution in [2.24, 2.45) is 0 Å². The van der Waals surface area contributed by atoms with Crippen molar-refractivity contribution in [2.45, 2.75) is 18.0 Å². The first-order valence-corrected chi connectivity index (χ1v) is 12.3. The van der Waals surface area contributed by atoms with Gasteiger partial charge >= 0.3 is 0 Å². The zero-order valence-corrected chi connectivity index (χ0v) is 19.1. The highest BCUT2D eigenvalue weighted by atomic mass is 32.2. The number of anilines is 1. The summed E-state index contributed by atoms with van der Waals surface area (Å²) in [6, 6.07) is 22.4. The van der Waals surface area contributed by atoms with E-state index in [1.165, 1.54) is 23.5 Å². The van der Waals surface area contributed by atoms with Gasteiger partial charge < -0.3 is 9.32 Å². The van der Waals surface area contributed by atoms with Gasteiger partial charge in [-0.3, -0.25) is 9.10 Å². The molecule has 2 aromatic heterocycles. The third kappa shape index (κ3) is 4.76. The van der Waals surface area contributed by atoms with Gasteiger partial charge in [-0.15, -0.1) is 11.3 Å². The summed E-state index contributed by atoms with van der Waals surface area (Å²) in [7, 11) is -2.23. The minimum atomic E-state index is -3.74. The summed E-state index contributed by atoms with van der Waals surface area (Å²) in [6.45, 7) is 0.758. The molecule has 0 aliphatic carbocycles. The van der Waals surface area contributed by atoms with Crippen molar-refractivity contribution >= 4 is 33.0 Å². The summed E-state index contributed by atoms with van der Waals surface area (Å²) in [5, 5.41) is 1.97. The van der Waals surface area contributed by atoms with Crippen molar-refractivity contribution in [3.8, 4) is 0 Å². The number of carbonyl (C=O) groups is 1. The van der Waals surface area contributed by atoms with E-state index in [9.17, 15) is 13.2 Å². The van der Waals surface area contributed by atoms with Crippen molar-refractivity contribution < 1.29 is 17.6 Å². The molecule has 0 fully saturated rings. The van der Waals surface area contributed by atoms with E-state index < -0.39 is 10.0 Å². The maximum absolute atomic E-state index is 13.2. The first-order valence-electron chi connectivity index (χ1n) is 9.93. The van der Waals surface area contributed by atoms with Crippen LogP contribution in [0, 0.1) is 0 Å². The van der Waals surface area contributed by atoms with Crippen LogP contribution in [0.3, 0.4) is 0 Å². The summed E-state index contributed by atoms with van der Waals surface area (Å²) in [4.78, 5) is 16.1. The number of carbonyl (C=O) groups excluding carboxylic acids is 1. The Morgan fingerprint density at radius 1 is 0.906 bits per heavy atom. The molecule has 164 valence electrons. The van der Waals surface area contributed by atoms with Gasteiger partial charge in [0, 0.05) is 17.5 Å². The molecule has 32 heavy (non-hydrogen) atoms. The van der Waals surface area contributed by atoms with Crippen LogP contribution in [0.15, 0.2) is 99.8 Å². The standard InChI is InChI=1S/C24H22N2O4S2/c1-25(20-7-3-2-4-8-20)32(28,29)23-13-11-19(12-14-23)24(27)26(17-21-9-5-15-30-21)18-22-10-6-16-31-22/h2-16H,17-18H2,1H3. The fourth-order valence-corrected chi connectivity index (χ4v) is 5.18. The molecule has 2 aromatic carbocycles. The lowest BCUT2D eigenvalue weighted by Crippen LogP contribution is -2.30. The number of benzene rings is 2. The number of thiophene rings is 1. The molecule has 2 heterocycles. The van der Waals surface area contributed by atoms with E-state index >= 15 is 0 Å². The lowest BCUT2D eigenvalue weighted by Gasteiger charge is -2.22. The third-order valence-corrected chi connectivity index (χ3v) is 7.68. The average Bonchev–Trinajstić information content (AvgIpc) is 3.53. The second kappa shape index (κ2) is 9.42. The molecule has 0 saturated heterocycles. The molecule has 0 aliphatic rings. The van der Waals surface area contributed by atoms with Crippen LogP contribution in [-0.4, -0.2) is 26.3 Å². The van der Waals surface area contributed by atoms with Crippen LogP contribution in [0.25, 0.3) is 0 Å². The third-order valence-electron chi connectivity index (χ3n) is 5.02. The highest BCUT2D eigenvalue weighted by Gasteiger charge is 2.23. The van der Waals surface area contributed by atoms with Gasteiger partial charge in [-0.25, -0.2) is 8.42 Å². The monoisotopic (exact) mass is 466 g/mol. The van der Waals surface area contributed by atoms with Crippen molar-refractivity contribution in [2.75, 3.05) is 11.4 Å². The quantitative estimate of drug-likeness (QED) is 0.366. The topological polar surface area (TPSA) is 70.8 Å². The first kappa shape index (κ1) is 21.9. The Bertz CT molecular complexity index is 1220. The van der Waals surface area contributed by atoms with Crippen LogP contribution in [0.5, 0.6) is 0 Å². The summed E-state index contributed by atoms with van der Waals surface area (Å²) >= 11 is 1.57. The molecule has 1 amide bonds. The molecule has 0 atom stereocenters. The van der Waals surface area contributed by atoms with E-state index in [1.54, 1.807) is 65.0 Å². The lowest BCUT2D eigenvalue weighted by molar-refractivity contribution is 0.0719. The fourth-order valence-electron chi connectivity index (χ4n) is 3.27. The molecule has 0 N–H and O–H groups in total. The maximum atomic E-state index is 13.2. The van der Waals surface area contributed by atoms with Gasteiger partial charge in [0.2, 0.25) is 0 Å². The van der Waals surface area contributed by atoms with Crippen molar-refractivity contribution in [1.82, 2.24) is 4.90 Å². The Kier molecular flexibility index (Phi) is 6.43. The van der Waals surface area contributed by atoms with Gasteiger partial charge in [-0.2, -0.15) is 0 Å². The van der Waals surface area contributed by atoms with E-state index in [0.29, 0.717) is 30.1 Å². The van der Waals surface area contributed by atoms with Gasteiger partial charge in [-0.05, 0) is 60.0 Å². The molecule has 0 unspecified atom stereocenters. The van der Waals surface area contributed by atoms with Crippen LogP contribution in [-0.2, 0) is 23.1 Å². The maximum Gasteiger partial charge on any atom is 0.264 e. The summed E-state index contributed by atoms with van der Waals surface area (Å²) in [5.74, 6) is 0.480. The number of furan rings is 1. The Morgan fingerprint density at radius 3 is 2.28 bits per heavy atom. The van der Waals surface area contributed by atoms with Crippen molar-refractivity contribution in [1.29, 1.82) is 0 Å². The van der Waals surface area contributed by atoms with E-state index in [-0.39, 0.29) is 10.8 Å². The van der Waals surface area contributed by atoms with Gasteiger partial charge in [-0.1, -0.05) is 24.3 Å². The lowest BCUT2D eigenvalue weighted by atomic mass is 10.2. The summed E-state index contributed by atoms with van der Waals surface area (Å²) in [5.41, 5.74) is 0.975. The molecule has 0 bridgehead atoms. The number of hydrogen-bond acceptors (Lipinski definition) is 5. The van der Waals surface area contributed by atoms with Crippen molar-refractivity contribution in [3.05, 3.63) is 107 Å². The van der Waals surface area contributed by atoms with E-state index in [1.807, 2.05) is 29.6 Å². The second-order valence-corrected chi connectivity index (χ2v) is 10.2. The largest absolute Gasteiger partial charge is 0.467 e. The zero-order valence-electron chi connectivity index (χ0n) is 17.4. The Morgan fingerprint density at radius 2 is 1.66 bits per heavy atom. The minimum absolute atomic E-state index is 0.122. The molecular formula is C24H22N2O4S2. The average molecular weight is 467 g/mol. The van der Waals surface area contributed by atoms with Gasteiger partial charge in [0.15, 0.2) is 0 Å². The number of nitrogens with zero attached hydrogens (tertiary/aromatic N) is 2. The molecule has 0 radical (unpaired) electrons. The number of hydrogen-bond donors (Lipinski definition) is 0. The molecule has 8 heteroatoms. The normalized spacial score (nSPS) is 11.3. The van der Waals surface area contributed by atoms with Gasteiger partial charge in [0.05, 0.1) is 29.9 Å². The van der Waals surface area contributed by atoms with Crippen LogP contribution in [0.1, 0.15) is 21.0 Å². The highest BCUT2D eigenvalue weighted by molar-refractivity contribution is 7.92. The SMILES string of the molecule is CN(c1ccccc1)S(=O)(=O)c1ccc(C(=O)N(Cc2ccco2)Cc2cccs2)cc1. The number of sulfonamides is 1. The predicted octanol–water partition coefficient (Wildman–Crippen LogP) is 5.01. The molecular weight excluding hydrogens is 444 g/mol. The predicted molar refractivity (Wildman–Crippen MR) is 125 cm³/mol. The number of amides is 1. The molecule has 6 nitrogen and oxygen atoms in total. The van der Waals surface area contributed by atoms with Gasteiger partial charge in [0.1, 0.15) is 5.76 Å². The number of para-hydroxylation sites is 1. The van der Waals surface area contributed by atoms with Crippen LogP contribution >= 0.6 is 11.3 Å². The van der Waals surface area contributed by atoms with Crippen LogP contribution in [0.4, 0.5) is 5.69 Å². The van der Waals surface area contributed by atoms with E-state index in [4.69, 9.17) is 4.42 Å². The number of rotatable bonds is 8. The van der Waals surface area contributed by atoms with E-state index in [2.05, 4.69) is 0 Å². The summed E-state index contributed by atoms with van der Waals surface area (Å²) in [6.07, 6.45) is 1.58. The van der Waals surface area contributed by atoms with E-state index in [0.717, 1.165) is 4.88 Å². The Labute approximate surface area is 191 Å². The first-order chi connectivity index (χ1) is 15.4.